The van der Waals surface area contributed by atoms with Crippen LogP contribution in [-0.2, 0) is 12.6 Å². The van der Waals surface area contributed by atoms with Crippen LogP contribution in [0.1, 0.15) is 28.3 Å². The molecule has 2 aromatic carbocycles. The molecule has 0 aliphatic carbocycles. The van der Waals surface area contributed by atoms with Crippen molar-refractivity contribution in [3.63, 3.8) is 0 Å². The van der Waals surface area contributed by atoms with E-state index in [1.165, 1.54) is 19.2 Å². The lowest BCUT2D eigenvalue weighted by atomic mass is 9.87. The molecule has 3 rings (SSSR count). The van der Waals surface area contributed by atoms with Gasteiger partial charge in [-0.1, -0.05) is 18.2 Å². The van der Waals surface area contributed by atoms with Gasteiger partial charge >= 0.3 is 6.18 Å². The lowest BCUT2D eigenvalue weighted by Gasteiger charge is -2.30. The third-order valence-electron chi connectivity index (χ3n) is 4.28. The minimum Gasteiger partial charge on any atom is -0.493 e. The first kappa shape index (κ1) is 16.6. The highest BCUT2D eigenvalue weighted by Crippen LogP contribution is 2.41. The number of nitrogens with one attached hydrogen (secondary N) is 1. The second-order valence-corrected chi connectivity index (χ2v) is 5.63. The number of ether oxygens (including phenoxy) is 2. The second kappa shape index (κ2) is 6.36. The molecular weight excluding hydrogens is 319 g/mol. The number of hydrogen-bond donors (Lipinski definition) is 1. The summed E-state index contributed by atoms with van der Waals surface area (Å²) in [6.07, 6.45) is -3.67. The number of hydrogen-bond acceptors (Lipinski definition) is 3. The van der Waals surface area contributed by atoms with E-state index in [4.69, 9.17) is 9.47 Å². The van der Waals surface area contributed by atoms with Crippen LogP contribution < -0.4 is 14.8 Å². The van der Waals surface area contributed by atoms with Crippen LogP contribution in [0.3, 0.4) is 0 Å². The fraction of sp³-hybridized carbons (Fsp3) is 0.333. The van der Waals surface area contributed by atoms with Crippen LogP contribution in [0.15, 0.2) is 36.4 Å². The van der Waals surface area contributed by atoms with Gasteiger partial charge in [-0.15, -0.1) is 0 Å². The highest BCUT2D eigenvalue weighted by Gasteiger charge is 2.36. The number of methoxy groups -OCH3 is 2. The molecule has 2 aromatic rings. The molecule has 1 aliphatic heterocycles. The minimum atomic E-state index is -4.40. The molecule has 128 valence electrons. The average molecular weight is 337 g/mol. The second-order valence-electron chi connectivity index (χ2n) is 5.63. The summed E-state index contributed by atoms with van der Waals surface area (Å²) in [5, 5.41) is 3.20. The van der Waals surface area contributed by atoms with Crippen molar-refractivity contribution in [2.24, 2.45) is 0 Å². The van der Waals surface area contributed by atoms with E-state index >= 15 is 0 Å². The number of halogens is 3. The molecule has 1 heterocycles. The molecule has 0 radical (unpaired) electrons. The Bertz CT molecular complexity index is 744. The third kappa shape index (κ3) is 2.94. The van der Waals surface area contributed by atoms with Gasteiger partial charge in [0.05, 0.1) is 25.8 Å². The zero-order valence-corrected chi connectivity index (χ0v) is 13.4. The zero-order valence-electron chi connectivity index (χ0n) is 13.4. The standard InChI is InChI=1S/C18H18F3NO2/c1-23-15-9-11-7-8-22-17(13(11)10-16(15)24-2)12-5-3-4-6-14(12)18(19,20)21/h3-6,9-10,17,22H,7-8H2,1-2H3/t17-/m0/s1. The first-order chi connectivity index (χ1) is 11.5. The lowest BCUT2D eigenvalue weighted by Crippen LogP contribution is -2.32. The van der Waals surface area contributed by atoms with Crippen molar-refractivity contribution in [3.05, 3.63) is 58.7 Å². The fourth-order valence-corrected chi connectivity index (χ4v) is 3.17. The van der Waals surface area contributed by atoms with Gasteiger partial charge in [0.15, 0.2) is 11.5 Å². The summed E-state index contributed by atoms with van der Waals surface area (Å²) in [5.41, 5.74) is 1.35. The van der Waals surface area contributed by atoms with Crippen LogP contribution in [0.4, 0.5) is 13.2 Å². The van der Waals surface area contributed by atoms with Gasteiger partial charge in [-0.25, -0.2) is 0 Å². The number of benzene rings is 2. The maximum absolute atomic E-state index is 13.4. The Labute approximate surface area is 138 Å². The summed E-state index contributed by atoms with van der Waals surface area (Å²) in [5.74, 6) is 1.09. The molecule has 0 amide bonds. The Hall–Kier alpha value is -2.21. The SMILES string of the molecule is COc1cc2c(cc1OC)[C@H](c1ccccc1C(F)(F)F)NCC2. The third-order valence-corrected chi connectivity index (χ3v) is 4.28. The monoisotopic (exact) mass is 337 g/mol. The van der Waals surface area contributed by atoms with Crippen LogP contribution in [0.25, 0.3) is 0 Å². The molecule has 0 saturated carbocycles. The smallest absolute Gasteiger partial charge is 0.416 e. The summed E-state index contributed by atoms with van der Waals surface area (Å²) < 4.78 is 50.7. The van der Waals surface area contributed by atoms with Gasteiger partial charge in [0.2, 0.25) is 0 Å². The van der Waals surface area contributed by atoms with E-state index in [1.807, 2.05) is 6.07 Å². The summed E-state index contributed by atoms with van der Waals surface area (Å²) >= 11 is 0. The number of fused-ring (bicyclic) bond motifs is 1. The molecule has 0 aromatic heterocycles. The first-order valence-corrected chi connectivity index (χ1v) is 7.60. The van der Waals surface area contributed by atoms with Gasteiger partial charge in [-0.05, 0) is 41.3 Å². The molecule has 1 aliphatic rings. The van der Waals surface area contributed by atoms with E-state index in [0.717, 1.165) is 23.6 Å². The van der Waals surface area contributed by atoms with E-state index in [9.17, 15) is 13.2 Å². The normalized spacial score (nSPS) is 17.3. The first-order valence-electron chi connectivity index (χ1n) is 7.60. The average Bonchev–Trinajstić information content (AvgIpc) is 2.59. The van der Waals surface area contributed by atoms with Crippen molar-refractivity contribution in [3.8, 4) is 11.5 Å². The highest BCUT2D eigenvalue weighted by atomic mass is 19.4. The molecule has 0 saturated heterocycles. The van der Waals surface area contributed by atoms with Crippen molar-refractivity contribution in [1.29, 1.82) is 0 Å². The largest absolute Gasteiger partial charge is 0.493 e. The van der Waals surface area contributed by atoms with Gasteiger partial charge in [0.25, 0.3) is 0 Å². The highest BCUT2D eigenvalue weighted by molar-refractivity contribution is 5.52. The van der Waals surface area contributed by atoms with Crippen LogP contribution in [0, 0.1) is 0 Å². The topological polar surface area (TPSA) is 30.5 Å². The van der Waals surface area contributed by atoms with Crippen molar-refractivity contribution >= 4 is 0 Å². The number of rotatable bonds is 3. The predicted molar refractivity (Wildman–Crippen MR) is 84.5 cm³/mol. The molecule has 0 spiro atoms. The summed E-state index contributed by atoms with van der Waals surface area (Å²) in [6.45, 7) is 0.597. The molecule has 3 nitrogen and oxygen atoms in total. The Morgan fingerprint density at radius 2 is 1.67 bits per heavy atom. The lowest BCUT2D eigenvalue weighted by molar-refractivity contribution is -0.138. The molecule has 1 N–H and O–H groups in total. The molecule has 0 bridgehead atoms. The molecule has 24 heavy (non-hydrogen) atoms. The Balaban J connectivity index is 2.14. The van der Waals surface area contributed by atoms with Crippen molar-refractivity contribution in [1.82, 2.24) is 5.32 Å². The Morgan fingerprint density at radius 1 is 1.00 bits per heavy atom. The van der Waals surface area contributed by atoms with E-state index < -0.39 is 17.8 Å². The minimum absolute atomic E-state index is 0.221. The van der Waals surface area contributed by atoms with Gasteiger partial charge < -0.3 is 14.8 Å². The quantitative estimate of drug-likeness (QED) is 0.920. The molecular formula is C18H18F3NO2. The van der Waals surface area contributed by atoms with E-state index in [0.29, 0.717) is 18.0 Å². The maximum atomic E-state index is 13.4. The zero-order chi connectivity index (χ0) is 17.3. The van der Waals surface area contributed by atoms with Crippen molar-refractivity contribution in [2.75, 3.05) is 20.8 Å². The van der Waals surface area contributed by atoms with E-state index in [2.05, 4.69) is 5.32 Å². The molecule has 0 fully saturated rings. The number of alkyl halides is 3. The fourth-order valence-electron chi connectivity index (χ4n) is 3.17. The predicted octanol–water partition coefficient (Wildman–Crippen LogP) is 3.96. The summed E-state index contributed by atoms with van der Waals surface area (Å²) in [7, 11) is 3.06. The Kier molecular flexibility index (Phi) is 4.41. The van der Waals surface area contributed by atoms with Gasteiger partial charge in [-0.3, -0.25) is 0 Å². The van der Waals surface area contributed by atoms with Crippen LogP contribution >= 0.6 is 0 Å². The van der Waals surface area contributed by atoms with E-state index in [-0.39, 0.29) is 5.56 Å². The Morgan fingerprint density at radius 3 is 2.33 bits per heavy atom. The molecule has 0 unspecified atom stereocenters. The van der Waals surface area contributed by atoms with Gasteiger partial charge in [-0.2, -0.15) is 13.2 Å². The summed E-state index contributed by atoms with van der Waals surface area (Å²) in [4.78, 5) is 0. The van der Waals surface area contributed by atoms with Gasteiger partial charge in [0, 0.05) is 6.54 Å². The van der Waals surface area contributed by atoms with Gasteiger partial charge in [0.1, 0.15) is 0 Å². The summed E-state index contributed by atoms with van der Waals surface area (Å²) in [6, 6.07) is 8.74. The maximum Gasteiger partial charge on any atom is 0.416 e. The van der Waals surface area contributed by atoms with Crippen molar-refractivity contribution in [2.45, 2.75) is 18.6 Å². The molecule has 6 heteroatoms. The molecule has 1 atom stereocenters. The van der Waals surface area contributed by atoms with Crippen LogP contribution in [0.2, 0.25) is 0 Å². The van der Waals surface area contributed by atoms with Crippen LogP contribution in [0.5, 0.6) is 11.5 Å². The van der Waals surface area contributed by atoms with Crippen molar-refractivity contribution < 1.29 is 22.6 Å². The van der Waals surface area contributed by atoms with Crippen LogP contribution in [-0.4, -0.2) is 20.8 Å². The van der Waals surface area contributed by atoms with E-state index in [1.54, 1.807) is 19.2 Å².